The second-order valence-electron chi connectivity index (χ2n) is 6.42. The number of halogens is 1. The van der Waals surface area contributed by atoms with E-state index in [-0.39, 0.29) is 6.04 Å². The van der Waals surface area contributed by atoms with E-state index in [1.165, 1.54) is 24.2 Å². The van der Waals surface area contributed by atoms with Crippen molar-refractivity contribution in [3.05, 3.63) is 15.4 Å². The van der Waals surface area contributed by atoms with E-state index in [0.29, 0.717) is 22.6 Å². The van der Waals surface area contributed by atoms with Gasteiger partial charge < -0.3 is 0 Å². The van der Waals surface area contributed by atoms with Crippen molar-refractivity contribution in [3.8, 4) is 0 Å². The average Bonchev–Trinajstić information content (AvgIpc) is 2.80. The number of nitrogens with zero attached hydrogens (tertiary/aromatic N) is 1. The Balaban J connectivity index is 1.94. The number of aryl methyl sites for hydroxylation is 1. The van der Waals surface area contributed by atoms with Gasteiger partial charge in [-0.2, -0.15) is 4.31 Å². The topological polar surface area (TPSA) is 37.4 Å². The molecular weight excluding hydrogens is 370 g/mol. The molecule has 1 saturated heterocycles. The highest BCUT2D eigenvalue weighted by Gasteiger charge is 2.43. The van der Waals surface area contributed by atoms with Crippen LogP contribution in [-0.4, -0.2) is 25.3 Å². The first-order valence-corrected chi connectivity index (χ1v) is 10.7. The zero-order valence-corrected chi connectivity index (χ0v) is 15.7. The van der Waals surface area contributed by atoms with Crippen LogP contribution in [0.1, 0.15) is 44.6 Å². The Morgan fingerprint density at radius 2 is 2.00 bits per heavy atom. The van der Waals surface area contributed by atoms with Gasteiger partial charge in [0.15, 0.2) is 0 Å². The smallest absolute Gasteiger partial charge is 0.206 e. The van der Waals surface area contributed by atoms with Crippen molar-refractivity contribution in [1.29, 1.82) is 0 Å². The minimum absolute atomic E-state index is 0.216. The molecule has 2 aliphatic rings. The van der Waals surface area contributed by atoms with Crippen LogP contribution in [0.5, 0.6) is 0 Å². The molecule has 3 unspecified atom stereocenters. The van der Waals surface area contributed by atoms with Crippen molar-refractivity contribution in [1.82, 2.24) is 4.31 Å². The molecule has 2 heterocycles. The van der Waals surface area contributed by atoms with Crippen LogP contribution in [0.4, 0.5) is 0 Å². The summed E-state index contributed by atoms with van der Waals surface area (Å²) in [4.78, 5) is 0. The Morgan fingerprint density at radius 3 is 2.67 bits per heavy atom. The Labute approximate surface area is 139 Å². The van der Waals surface area contributed by atoms with Gasteiger partial charge in [-0.1, -0.05) is 19.8 Å². The third-order valence-corrected chi connectivity index (χ3v) is 9.60. The van der Waals surface area contributed by atoms with Gasteiger partial charge in [0.1, 0.15) is 4.21 Å². The Hall–Kier alpha value is 0.0900. The number of hydrogen-bond acceptors (Lipinski definition) is 3. The number of sulfonamides is 1. The minimum Gasteiger partial charge on any atom is -0.206 e. The van der Waals surface area contributed by atoms with Crippen molar-refractivity contribution in [3.63, 3.8) is 0 Å². The molecule has 1 aromatic rings. The van der Waals surface area contributed by atoms with Gasteiger partial charge in [0.2, 0.25) is 0 Å². The van der Waals surface area contributed by atoms with Crippen molar-refractivity contribution < 1.29 is 8.42 Å². The van der Waals surface area contributed by atoms with Crippen LogP contribution in [0.25, 0.3) is 0 Å². The van der Waals surface area contributed by atoms with Crippen molar-refractivity contribution in [2.75, 3.05) is 6.54 Å². The Morgan fingerprint density at radius 1 is 1.29 bits per heavy atom. The van der Waals surface area contributed by atoms with E-state index in [1.807, 2.05) is 11.2 Å². The van der Waals surface area contributed by atoms with Crippen molar-refractivity contribution in [2.45, 2.75) is 56.2 Å². The number of piperidine rings is 1. The highest BCUT2D eigenvalue weighted by molar-refractivity contribution is 9.11. The average molecular weight is 392 g/mol. The van der Waals surface area contributed by atoms with E-state index in [4.69, 9.17) is 0 Å². The monoisotopic (exact) mass is 391 g/mol. The summed E-state index contributed by atoms with van der Waals surface area (Å²) in [5.41, 5.74) is 1.00. The largest absolute Gasteiger partial charge is 0.252 e. The summed E-state index contributed by atoms with van der Waals surface area (Å²) in [6.45, 7) is 4.92. The lowest BCUT2D eigenvalue weighted by atomic mass is 9.74. The zero-order chi connectivity index (χ0) is 15.2. The molecule has 21 heavy (non-hydrogen) atoms. The lowest BCUT2D eigenvalue weighted by Gasteiger charge is -2.46. The second-order valence-corrected chi connectivity index (χ2v) is 10.9. The third kappa shape index (κ3) is 2.84. The van der Waals surface area contributed by atoms with E-state index in [2.05, 4.69) is 22.9 Å². The number of rotatable bonds is 2. The van der Waals surface area contributed by atoms with Gasteiger partial charge in [-0.25, -0.2) is 8.42 Å². The van der Waals surface area contributed by atoms with Gasteiger partial charge in [0.25, 0.3) is 10.0 Å². The molecule has 1 aliphatic heterocycles. The molecule has 0 bridgehead atoms. The maximum Gasteiger partial charge on any atom is 0.252 e. The van der Waals surface area contributed by atoms with Crippen LogP contribution >= 0.6 is 27.3 Å². The summed E-state index contributed by atoms with van der Waals surface area (Å²) < 4.78 is 29.3. The fraction of sp³-hybridized carbons (Fsp3) is 0.733. The van der Waals surface area contributed by atoms with E-state index in [1.54, 1.807) is 6.07 Å². The fourth-order valence-electron chi connectivity index (χ4n) is 3.84. The highest BCUT2D eigenvalue weighted by Crippen LogP contribution is 2.42. The molecule has 0 N–H and O–H groups in total. The summed E-state index contributed by atoms with van der Waals surface area (Å²) in [6.07, 6.45) is 5.62. The molecule has 3 nitrogen and oxygen atoms in total. The van der Waals surface area contributed by atoms with Crippen molar-refractivity contribution in [2.24, 2.45) is 11.8 Å². The molecule has 3 atom stereocenters. The number of thiophene rings is 1. The van der Waals surface area contributed by atoms with Gasteiger partial charge >= 0.3 is 0 Å². The van der Waals surface area contributed by atoms with Crippen LogP contribution < -0.4 is 0 Å². The van der Waals surface area contributed by atoms with E-state index in [9.17, 15) is 8.42 Å². The molecule has 6 heteroatoms. The first-order chi connectivity index (χ1) is 9.91. The van der Waals surface area contributed by atoms with E-state index < -0.39 is 10.0 Å². The molecular formula is C15H22BrNO2S2. The maximum absolute atomic E-state index is 13.0. The second kappa shape index (κ2) is 5.95. The Kier molecular flexibility index (Phi) is 4.52. The molecule has 1 saturated carbocycles. The van der Waals surface area contributed by atoms with Crippen LogP contribution in [0.3, 0.4) is 0 Å². The predicted octanol–water partition coefficient (Wildman–Crippen LogP) is 4.41. The molecule has 3 rings (SSSR count). The SMILES string of the molecule is Cc1cc(S(=O)(=O)N2CCC(C)C3CCCCC32)sc1Br. The standard InChI is InChI=1S/C15H22BrNO2S2/c1-10-7-8-17(13-6-4-3-5-12(10)13)21(18,19)14-9-11(2)15(16)20-14/h9-10,12-13H,3-8H2,1-2H3. The third-order valence-electron chi connectivity index (χ3n) is 5.08. The Bertz CT molecular complexity index is 606. The van der Waals surface area contributed by atoms with Gasteiger partial charge in [0, 0.05) is 12.6 Å². The predicted molar refractivity (Wildman–Crippen MR) is 90.2 cm³/mol. The van der Waals surface area contributed by atoms with Crippen LogP contribution in [0.15, 0.2) is 14.1 Å². The van der Waals surface area contributed by atoms with Crippen molar-refractivity contribution >= 4 is 37.3 Å². The first-order valence-electron chi connectivity index (χ1n) is 7.69. The van der Waals surface area contributed by atoms with Gasteiger partial charge in [0.05, 0.1) is 3.79 Å². The lowest BCUT2D eigenvalue weighted by Crippen LogP contribution is -2.52. The maximum atomic E-state index is 13.0. The van der Waals surface area contributed by atoms with Crippen LogP contribution in [0, 0.1) is 18.8 Å². The van der Waals surface area contributed by atoms with Gasteiger partial charge in [-0.3, -0.25) is 0 Å². The van der Waals surface area contributed by atoms with E-state index in [0.717, 1.165) is 28.6 Å². The minimum atomic E-state index is -3.34. The molecule has 0 spiro atoms. The number of hydrogen-bond donors (Lipinski definition) is 0. The molecule has 1 aliphatic carbocycles. The molecule has 0 amide bonds. The quantitative estimate of drug-likeness (QED) is 0.748. The molecule has 1 aromatic heterocycles. The summed E-state index contributed by atoms with van der Waals surface area (Å²) in [6, 6.07) is 2.02. The summed E-state index contributed by atoms with van der Waals surface area (Å²) >= 11 is 4.79. The van der Waals surface area contributed by atoms with Gasteiger partial charge in [-0.15, -0.1) is 11.3 Å². The lowest BCUT2D eigenvalue weighted by molar-refractivity contribution is 0.0828. The highest BCUT2D eigenvalue weighted by atomic mass is 79.9. The van der Waals surface area contributed by atoms with Gasteiger partial charge in [-0.05, 0) is 65.6 Å². The molecule has 118 valence electrons. The molecule has 0 aromatic carbocycles. The summed E-state index contributed by atoms with van der Waals surface area (Å²) in [7, 11) is -3.34. The number of fused-ring (bicyclic) bond motifs is 1. The first kappa shape index (κ1) is 16.0. The van der Waals surface area contributed by atoms with Crippen LogP contribution in [0.2, 0.25) is 0 Å². The summed E-state index contributed by atoms with van der Waals surface area (Å²) in [5, 5.41) is 0. The molecule has 0 radical (unpaired) electrons. The molecule has 2 fully saturated rings. The zero-order valence-electron chi connectivity index (χ0n) is 12.5. The fourth-order valence-corrected chi connectivity index (χ4v) is 7.92. The normalized spacial score (nSPS) is 31.1. The summed E-state index contributed by atoms with van der Waals surface area (Å²) in [5.74, 6) is 1.20. The van der Waals surface area contributed by atoms with E-state index >= 15 is 0 Å². The van der Waals surface area contributed by atoms with Crippen LogP contribution in [-0.2, 0) is 10.0 Å².